The number of hydrogen-bond donors (Lipinski definition) is 4. The Balaban J connectivity index is 2.43. The molecular formula is C21H29N3O4. The van der Waals surface area contributed by atoms with Crippen LogP contribution in [-0.2, 0) is 4.79 Å². The van der Waals surface area contributed by atoms with Crippen molar-refractivity contribution in [3.8, 4) is 0 Å². The average molecular weight is 387 g/mol. The first-order valence-electron chi connectivity index (χ1n) is 9.37. The molecule has 0 spiro atoms. The second-order valence-corrected chi connectivity index (χ2v) is 6.76. The average Bonchev–Trinajstić information content (AvgIpc) is 2.65. The van der Waals surface area contributed by atoms with Gasteiger partial charge in [0.15, 0.2) is 5.78 Å². The van der Waals surface area contributed by atoms with Crippen molar-refractivity contribution in [1.29, 1.82) is 0 Å². The molecule has 0 fully saturated rings. The highest BCUT2D eigenvalue weighted by molar-refractivity contribution is 6.22. The Labute approximate surface area is 165 Å². The molecule has 0 bridgehead atoms. The third-order valence-corrected chi connectivity index (χ3v) is 4.53. The first kappa shape index (κ1) is 21.8. The number of carbonyl (C=O) groups excluding carboxylic acids is 1. The Morgan fingerprint density at radius 3 is 2.11 bits per heavy atom. The lowest BCUT2D eigenvalue weighted by Crippen LogP contribution is -2.29. The number of aryl methyl sites for hydroxylation is 2. The highest BCUT2D eigenvalue weighted by Crippen LogP contribution is 2.30. The summed E-state index contributed by atoms with van der Waals surface area (Å²) in [6.07, 6.45) is 3.26. The van der Waals surface area contributed by atoms with Crippen molar-refractivity contribution in [1.82, 2.24) is 5.32 Å². The number of hydrogen-bond acceptors (Lipinski definition) is 7. The van der Waals surface area contributed by atoms with Crippen LogP contribution in [0.1, 0.15) is 18.1 Å². The second-order valence-electron chi connectivity index (χ2n) is 6.76. The Morgan fingerprint density at radius 1 is 0.964 bits per heavy atom. The number of aliphatic hydroxyl groups is 3. The monoisotopic (exact) mass is 387 g/mol. The van der Waals surface area contributed by atoms with E-state index in [4.69, 9.17) is 10.1 Å². The van der Waals surface area contributed by atoms with Crippen molar-refractivity contribution in [3.63, 3.8) is 0 Å². The zero-order valence-electron chi connectivity index (χ0n) is 16.7. The van der Waals surface area contributed by atoms with E-state index in [2.05, 4.69) is 5.32 Å². The van der Waals surface area contributed by atoms with Crippen molar-refractivity contribution >= 4 is 22.9 Å². The number of nitrogens with one attached hydrogen (secondary N) is 1. The second kappa shape index (κ2) is 10.2. The van der Waals surface area contributed by atoms with Crippen LogP contribution < -0.4 is 10.2 Å². The van der Waals surface area contributed by atoms with Gasteiger partial charge >= 0.3 is 0 Å². The molecule has 1 aromatic rings. The van der Waals surface area contributed by atoms with Gasteiger partial charge in [0.1, 0.15) is 0 Å². The zero-order chi connectivity index (χ0) is 20.7. The number of nitrogens with zero attached hydrogens (tertiary/aromatic N) is 2. The minimum atomic E-state index is -0.0770. The summed E-state index contributed by atoms with van der Waals surface area (Å²) in [4.78, 5) is 18.7. The molecule has 0 heterocycles. The third-order valence-electron chi connectivity index (χ3n) is 4.53. The fourth-order valence-electron chi connectivity index (χ4n) is 3.12. The Morgan fingerprint density at radius 2 is 1.57 bits per heavy atom. The summed E-state index contributed by atoms with van der Waals surface area (Å²) in [6.45, 7) is 6.85. The minimum absolute atomic E-state index is 0.00489. The summed E-state index contributed by atoms with van der Waals surface area (Å²) in [6, 6.07) is 3.96. The molecular weight excluding hydrogens is 358 g/mol. The first-order chi connectivity index (χ1) is 13.4. The van der Waals surface area contributed by atoms with Gasteiger partial charge in [0.25, 0.3) is 0 Å². The van der Waals surface area contributed by atoms with Crippen molar-refractivity contribution in [2.24, 2.45) is 4.99 Å². The molecule has 0 saturated carbocycles. The summed E-state index contributed by atoms with van der Waals surface area (Å²) < 4.78 is 0. The molecule has 1 aromatic carbocycles. The molecule has 0 saturated heterocycles. The molecule has 0 atom stereocenters. The standard InChI is InChI=1S/C21H29N3O4/c1-14-12-19(18(13-20(14)28)22-4-7-25)23-21-15(2)10-17(11-16(21)3)24(5-8-26)6-9-27/h10-13,22,25-27H,4-9H2,1-3H3/b23-19+. The van der Waals surface area contributed by atoms with Gasteiger partial charge in [0, 0.05) is 31.4 Å². The molecule has 152 valence electrons. The van der Waals surface area contributed by atoms with Gasteiger partial charge in [-0.15, -0.1) is 0 Å². The van der Waals surface area contributed by atoms with Crippen molar-refractivity contribution < 1.29 is 20.1 Å². The number of carbonyl (C=O) groups is 1. The van der Waals surface area contributed by atoms with Crippen LogP contribution in [-0.4, -0.2) is 66.3 Å². The summed E-state index contributed by atoms with van der Waals surface area (Å²) in [5.41, 5.74) is 5.48. The van der Waals surface area contributed by atoms with E-state index in [1.807, 2.05) is 30.9 Å². The summed E-state index contributed by atoms with van der Waals surface area (Å²) in [5.74, 6) is -0.0770. The molecule has 0 amide bonds. The van der Waals surface area contributed by atoms with E-state index >= 15 is 0 Å². The summed E-state index contributed by atoms with van der Waals surface area (Å²) >= 11 is 0. The highest BCUT2D eigenvalue weighted by Gasteiger charge is 2.17. The normalized spacial score (nSPS) is 15.5. The van der Waals surface area contributed by atoms with E-state index in [-0.39, 0.29) is 25.6 Å². The maximum absolute atomic E-state index is 12.0. The van der Waals surface area contributed by atoms with E-state index in [0.717, 1.165) is 22.5 Å². The third kappa shape index (κ3) is 5.28. The highest BCUT2D eigenvalue weighted by atomic mass is 16.3. The lowest BCUT2D eigenvalue weighted by Gasteiger charge is -2.24. The maximum atomic E-state index is 12.0. The summed E-state index contributed by atoms with van der Waals surface area (Å²) in [7, 11) is 0. The van der Waals surface area contributed by atoms with Gasteiger partial charge in [-0.1, -0.05) is 0 Å². The molecule has 7 heteroatoms. The van der Waals surface area contributed by atoms with Crippen molar-refractivity contribution in [2.75, 3.05) is 44.4 Å². The van der Waals surface area contributed by atoms with Crippen LogP contribution in [0.3, 0.4) is 0 Å². The van der Waals surface area contributed by atoms with E-state index in [1.54, 1.807) is 13.0 Å². The fraction of sp³-hybridized carbons (Fsp3) is 0.429. The largest absolute Gasteiger partial charge is 0.395 e. The van der Waals surface area contributed by atoms with Crippen LogP contribution >= 0.6 is 0 Å². The number of rotatable bonds is 9. The van der Waals surface area contributed by atoms with Crippen LogP contribution in [0.4, 0.5) is 11.4 Å². The van der Waals surface area contributed by atoms with Gasteiger partial charge < -0.3 is 25.5 Å². The Kier molecular flexibility index (Phi) is 7.92. The number of ketones is 1. The molecule has 1 aliphatic rings. The van der Waals surface area contributed by atoms with Crippen LogP contribution in [0.15, 0.2) is 40.5 Å². The maximum Gasteiger partial charge on any atom is 0.183 e. The number of allylic oxidation sites excluding steroid dienone is 3. The fourth-order valence-corrected chi connectivity index (χ4v) is 3.12. The van der Waals surface area contributed by atoms with Crippen molar-refractivity contribution in [3.05, 3.63) is 46.7 Å². The Hall–Kier alpha value is -2.48. The zero-order valence-corrected chi connectivity index (χ0v) is 16.7. The lowest BCUT2D eigenvalue weighted by molar-refractivity contribution is -0.111. The lowest BCUT2D eigenvalue weighted by atomic mass is 10.0. The van der Waals surface area contributed by atoms with Gasteiger partial charge in [-0.05, 0) is 55.7 Å². The molecule has 0 radical (unpaired) electrons. The van der Waals surface area contributed by atoms with Gasteiger partial charge in [0.2, 0.25) is 0 Å². The summed E-state index contributed by atoms with van der Waals surface area (Å²) in [5, 5.41) is 30.7. The molecule has 0 aliphatic heterocycles. The van der Waals surface area contributed by atoms with Gasteiger partial charge in [-0.3, -0.25) is 4.79 Å². The molecule has 1 aliphatic carbocycles. The van der Waals surface area contributed by atoms with E-state index in [0.29, 0.717) is 36.6 Å². The number of aliphatic imine (C=N–C) groups is 1. The van der Waals surface area contributed by atoms with Crippen LogP contribution in [0.5, 0.6) is 0 Å². The van der Waals surface area contributed by atoms with Gasteiger partial charge in [-0.25, -0.2) is 4.99 Å². The van der Waals surface area contributed by atoms with E-state index in [1.165, 1.54) is 6.08 Å². The topological polar surface area (TPSA) is 105 Å². The van der Waals surface area contributed by atoms with E-state index < -0.39 is 0 Å². The van der Waals surface area contributed by atoms with Crippen molar-refractivity contribution in [2.45, 2.75) is 20.8 Å². The Bertz CT molecular complexity index is 783. The first-order valence-corrected chi connectivity index (χ1v) is 9.37. The SMILES string of the molecule is CC1=C/C(=N\c2c(C)cc(N(CCO)CCO)cc2C)C(NCCO)=CC1=O. The van der Waals surface area contributed by atoms with Gasteiger partial charge in [-0.2, -0.15) is 0 Å². The smallest absolute Gasteiger partial charge is 0.183 e. The van der Waals surface area contributed by atoms with Crippen LogP contribution in [0, 0.1) is 13.8 Å². The predicted octanol–water partition coefficient (Wildman–Crippen LogP) is 1.16. The predicted molar refractivity (Wildman–Crippen MR) is 111 cm³/mol. The number of aliphatic hydroxyl groups excluding tert-OH is 3. The molecule has 0 aromatic heterocycles. The van der Waals surface area contributed by atoms with E-state index in [9.17, 15) is 15.0 Å². The molecule has 4 N–H and O–H groups in total. The quantitative estimate of drug-likeness (QED) is 0.474. The van der Waals surface area contributed by atoms with Crippen LogP contribution in [0.2, 0.25) is 0 Å². The molecule has 28 heavy (non-hydrogen) atoms. The van der Waals surface area contributed by atoms with Gasteiger partial charge in [0.05, 0.1) is 36.9 Å². The number of anilines is 1. The molecule has 7 nitrogen and oxygen atoms in total. The number of benzene rings is 1. The molecule has 2 rings (SSSR count). The van der Waals surface area contributed by atoms with Crippen LogP contribution in [0.25, 0.3) is 0 Å². The minimum Gasteiger partial charge on any atom is -0.395 e. The molecule has 0 unspecified atom stereocenters.